The Bertz CT molecular complexity index is 1230. The van der Waals surface area contributed by atoms with E-state index in [2.05, 4.69) is 10.5 Å². The molecule has 0 fully saturated rings. The van der Waals surface area contributed by atoms with Gasteiger partial charge in [-0.1, -0.05) is 17.3 Å². The normalized spacial score (nSPS) is 12.8. The molecule has 1 aliphatic rings. The van der Waals surface area contributed by atoms with Gasteiger partial charge in [0.15, 0.2) is 6.61 Å². The molecule has 0 atom stereocenters. The average molecular weight is 500 g/mol. The summed E-state index contributed by atoms with van der Waals surface area (Å²) in [4.78, 5) is 39.1. The number of nitrogens with one attached hydrogen (secondary N) is 1. The average Bonchev–Trinajstić information content (AvgIpc) is 3.35. The summed E-state index contributed by atoms with van der Waals surface area (Å²) in [5.74, 6) is -0.346. The third-order valence-corrected chi connectivity index (χ3v) is 7.97. The van der Waals surface area contributed by atoms with E-state index in [1.54, 1.807) is 12.1 Å². The summed E-state index contributed by atoms with van der Waals surface area (Å²) in [6, 6.07) is 7.07. The minimum Gasteiger partial charge on any atom is -0.452 e. The highest BCUT2D eigenvalue weighted by Gasteiger charge is 2.25. The van der Waals surface area contributed by atoms with Crippen molar-refractivity contribution in [1.82, 2.24) is 5.16 Å². The van der Waals surface area contributed by atoms with Gasteiger partial charge in [0.05, 0.1) is 16.8 Å². The molecule has 4 rings (SSSR count). The van der Waals surface area contributed by atoms with Crippen molar-refractivity contribution in [2.45, 2.75) is 50.2 Å². The van der Waals surface area contributed by atoms with E-state index in [1.807, 2.05) is 26.0 Å². The number of hydrogen-bond acceptors (Lipinski definition) is 8. The van der Waals surface area contributed by atoms with Crippen molar-refractivity contribution >= 4 is 45.9 Å². The van der Waals surface area contributed by atoms with Crippen LogP contribution in [-0.4, -0.2) is 29.5 Å². The maximum Gasteiger partial charge on any atom is 0.339 e. The molecule has 0 bridgehead atoms. The van der Waals surface area contributed by atoms with E-state index in [9.17, 15) is 14.4 Å². The van der Waals surface area contributed by atoms with Gasteiger partial charge in [-0.25, -0.2) is 4.79 Å². The number of nitrogens with two attached hydrogens (primary N) is 1. The van der Waals surface area contributed by atoms with Crippen LogP contribution in [0.3, 0.4) is 0 Å². The first-order valence-electron chi connectivity index (χ1n) is 10.9. The lowest BCUT2D eigenvalue weighted by Crippen LogP contribution is -2.23. The van der Waals surface area contributed by atoms with Gasteiger partial charge in [0.2, 0.25) is 0 Å². The van der Waals surface area contributed by atoms with Crippen LogP contribution in [0.1, 0.15) is 61.0 Å². The van der Waals surface area contributed by atoms with E-state index >= 15 is 0 Å². The summed E-state index contributed by atoms with van der Waals surface area (Å²) in [5.41, 5.74) is 9.05. The number of thioether (sulfide) groups is 1. The Morgan fingerprint density at radius 1 is 1.21 bits per heavy atom. The first-order valence-corrected chi connectivity index (χ1v) is 12.7. The van der Waals surface area contributed by atoms with Gasteiger partial charge in [-0.15, -0.1) is 23.1 Å². The van der Waals surface area contributed by atoms with Crippen molar-refractivity contribution in [3.8, 4) is 0 Å². The number of nitrogens with zero attached hydrogens (tertiary/aromatic N) is 1. The van der Waals surface area contributed by atoms with Crippen molar-refractivity contribution in [2.24, 2.45) is 5.73 Å². The Labute approximate surface area is 205 Å². The number of benzene rings is 1. The van der Waals surface area contributed by atoms with Crippen LogP contribution in [0.25, 0.3) is 0 Å². The fraction of sp³-hybridized carbons (Fsp3) is 0.333. The number of thiophene rings is 1. The fourth-order valence-electron chi connectivity index (χ4n) is 3.91. The topological polar surface area (TPSA) is 125 Å². The number of anilines is 1. The number of esters is 1. The minimum atomic E-state index is -0.599. The predicted octanol–water partition coefficient (Wildman–Crippen LogP) is 4.42. The standard InChI is InChI=1S/C24H25N3O5S2/c1-13-17(14(2)32-27-13)12-33-18-9-5-4-8-16(18)24(30)31-11-20(28)26-23-21(22(25)29)15-7-3-6-10-19(15)34-23/h4-5,8-9H,3,6-7,10-12H2,1-2H3,(H2,25,29)(H,26,28). The predicted molar refractivity (Wildman–Crippen MR) is 130 cm³/mol. The Balaban J connectivity index is 1.39. The molecular weight excluding hydrogens is 474 g/mol. The van der Waals surface area contributed by atoms with Gasteiger partial charge in [0.25, 0.3) is 11.8 Å². The molecule has 3 aromatic rings. The highest BCUT2D eigenvalue weighted by molar-refractivity contribution is 7.98. The highest BCUT2D eigenvalue weighted by atomic mass is 32.2. The summed E-state index contributed by atoms with van der Waals surface area (Å²) in [7, 11) is 0. The van der Waals surface area contributed by atoms with Gasteiger partial charge in [0, 0.05) is 21.1 Å². The Hall–Kier alpha value is -3.11. The molecule has 0 radical (unpaired) electrons. The molecule has 1 aromatic carbocycles. The Morgan fingerprint density at radius 3 is 2.71 bits per heavy atom. The number of aromatic nitrogens is 1. The lowest BCUT2D eigenvalue weighted by atomic mass is 9.95. The number of rotatable bonds is 8. The SMILES string of the molecule is Cc1noc(C)c1CSc1ccccc1C(=O)OCC(=O)Nc1sc2c(c1C(N)=O)CCCC2. The van der Waals surface area contributed by atoms with Crippen LogP contribution < -0.4 is 11.1 Å². The van der Waals surface area contributed by atoms with Crippen LogP contribution in [0.5, 0.6) is 0 Å². The van der Waals surface area contributed by atoms with Crippen molar-refractivity contribution < 1.29 is 23.6 Å². The number of hydrogen-bond donors (Lipinski definition) is 2. The summed E-state index contributed by atoms with van der Waals surface area (Å²) >= 11 is 2.84. The van der Waals surface area contributed by atoms with Gasteiger partial charge in [-0.2, -0.15) is 0 Å². The van der Waals surface area contributed by atoms with Crippen LogP contribution in [0.4, 0.5) is 5.00 Å². The number of carbonyl (C=O) groups is 3. The molecule has 0 spiro atoms. The summed E-state index contributed by atoms with van der Waals surface area (Å²) in [6.07, 6.45) is 3.68. The number of primary amides is 1. The third-order valence-electron chi connectivity index (χ3n) is 5.67. The molecule has 1 aliphatic carbocycles. The lowest BCUT2D eigenvalue weighted by Gasteiger charge is -2.11. The van der Waals surface area contributed by atoms with Crippen LogP contribution in [0, 0.1) is 13.8 Å². The van der Waals surface area contributed by atoms with Crippen molar-refractivity contribution in [1.29, 1.82) is 0 Å². The Morgan fingerprint density at radius 2 is 1.97 bits per heavy atom. The number of ether oxygens (including phenoxy) is 1. The number of carbonyl (C=O) groups excluding carboxylic acids is 3. The van der Waals surface area contributed by atoms with Gasteiger partial charge in [0.1, 0.15) is 10.8 Å². The number of amides is 2. The molecule has 8 nitrogen and oxygen atoms in total. The second-order valence-corrected chi connectivity index (χ2v) is 10.1. The molecule has 0 saturated carbocycles. The van der Waals surface area contributed by atoms with Crippen molar-refractivity contribution in [3.05, 3.63) is 62.9 Å². The van der Waals surface area contributed by atoms with Gasteiger partial charge < -0.3 is 20.3 Å². The summed E-state index contributed by atoms with van der Waals surface area (Å²) in [6.45, 7) is 3.25. The zero-order valence-electron chi connectivity index (χ0n) is 18.9. The molecule has 2 aromatic heterocycles. The quantitative estimate of drug-likeness (QED) is 0.347. The summed E-state index contributed by atoms with van der Waals surface area (Å²) in [5, 5.41) is 7.09. The maximum atomic E-state index is 12.7. The number of fused-ring (bicyclic) bond motifs is 1. The second kappa shape index (κ2) is 10.4. The first-order chi connectivity index (χ1) is 16.3. The molecule has 0 aliphatic heterocycles. The summed E-state index contributed by atoms with van der Waals surface area (Å²) < 4.78 is 10.5. The third kappa shape index (κ3) is 5.18. The lowest BCUT2D eigenvalue weighted by molar-refractivity contribution is -0.119. The van der Waals surface area contributed by atoms with Crippen molar-refractivity contribution in [2.75, 3.05) is 11.9 Å². The molecular formula is C24H25N3O5S2. The zero-order valence-corrected chi connectivity index (χ0v) is 20.6. The molecule has 2 heterocycles. The fourth-order valence-corrected chi connectivity index (χ4v) is 6.41. The second-order valence-electron chi connectivity index (χ2n) is 7.99. The molecule has 3 N–H and O–H groups in total. The molecule has 0 unspecified atom stereocenters. The minimum absolute atomic E-state index is 0.372. The molecule has 0 saturated heterocycles. The molecule has 178 valence electrons. The van der Waals surface area contributed by atoms with E-state index in [0.717, 1.165) is 58.0 Å². The van der Waals surface area contributed by atoms with Crippen LogP contribution in [-0.2, 0) is 28.1 Å². The van der Waals surface area contributed by atoms with Crippen LogP contribution in [0.2, 0.25) is 0 Å². The first kappa shape index (κ1) is 24.0. The smallest absolute Gasteiger partial charge is 0.339 e. The van der Waals surface area contributed by atoms with E-state index in [4.69, 9.17) is 15.0 Å². The van der Waals surface area contributed by atoms with E-state index in [0.29, 0.717) is 21.9 Å². The monoisotopic (exact) mass is 499 g/mol. The maximum absolute atomic E-state index is 12.7. The van der Waals surface area contributed by atoms with Gasteiger partial charge in [-0.3, -0.25) is 9.59 Å². The van der Waals surface area contributed by atoms with Crippen molar-refractivity contribution in [3.63, 3.8) is 0 Å². The van der Waals surface area contributed by atoms with Gasteiger partial charge in [-0.05, 0) is 57.2 Å². The van der Waals surface area contributed by atoms with Gasteiger partial charge >= 0.3 is 5.97 Å². The van der Waals surface area contributed by atoms with Crippen LogP contribution >= 0.6 is 23.1 Å². The highest BCUT2D eigenvalue weighted by Crippen LogP contribution is 2.38. The zero-order chi connectivity index (χ0) is 24.2. The molecule has 34 heavy (non-hydrogen) atoms. The van der Waals surface area contributed by atoms with Crippen LogP contribution in [0.15, 0.2) is 33.7 Å². The molecule has 2 amide bonds. The Kier molecular flexibility index (Phi) is 7.38. The molecule has 10 heteroatoms. The number of aryl methyl sites for hydroxylation is 3. The van der Waals surface area contributed by atoms with E-state index in [-0.39, 0.29) is 0 Å². The van der Waals surface area contributed by atoms with E-state index < -0.39 is 24.4 Å². The van der Waals surface area contributed by atoms with E-state index in [1.165, 1.54) is 23.1 Å². The largest absolute Gasteiger partial charge is 0.452 e.